The Kier molecular flexibility index (Phi) is 9.27. The lowest BCUT2D eigenvalue weighted by atomic mass is 9.85. The Morgan fingerprint density at radius 3 is 1.58 bits per heavy atom. The number of para-hydroxylation sites is 2. The molecule has 0 atom stereocenters. The number of hydrogen-bond donors (Lipinski definition) is 1. The van der Waals surface area contributed by atoms with E-state index in [2.05, 4.69) is 6.92 Å². The summed E-state index contributed by atoms with van der Waals surface area (Å²) in [6.07, 6.45) is 2.49. The lowest BCUT2D eigenvalue weighted by molar-refractivity contribution is 0.221. The summed E-state index contributed by atoms with van der Waals surface area (Å²) in [6, 6.07) is 39.6. The van der Waals surface area contributed by atoms with Crippen molar-refractivity contribution in [3.05, 3.63) is 144 Å². The third kappa shape index (κ3) is 7.10. The van der Waals surface area contributed by atoms with Gasteiger partial charge in [-0.25, -0.2) is 14.8 Å². The molecule has 0 bridgehead atoms. The van der Waals surface area contributed by atoms with Gasteiger partial charge in [0.05, 0.1) is 27.2 Å². The fourth-order valence-corrected chi connectivity index (χ4v) is 6.58. The number of aromatic nitrogens is 2. The third-order valence-corrected chi connectivity index (χ3v) is 9.07. The Bertz CT molecular complexity index is 1780. The van der Waals surface area contributed by atoms with Gasteiger partial charge in [0.25, 0.3) is 0 Å². The number of pyridine rings is 2. The van der Waals surface area contributed by atoms with Crippen LogP contribution in [-0.4, -0.2) is 20.4 Å². The average molecular weight is 615 g/mol. The maximum Gasteiger partial charge on any atom is 0.366 e. The maximum atomic E-state index is 12.3. The standard InChI is InChI=1S/C38H34N2O4S/c1-2-3-24-38(45-37(41)42,29-14-20-33(21-15-29)43-25-31-18-12-27-8-4-6-10-35(27)39-31)30-16-22-34(23-17-30)44-26-32-19-13-28-9-5-7-11-36(28)40-32/h4-23H,2-3,24-26H2,1H3,(H,41,42). The van der Waals surface area contributed by atoms with Gasteiger partial charge in [-0.1, -0.05) is 92.6 Å². The minimum atomic E-state index is -0.920. The molecule has 0 unspecified atom stereocenters. The van der Waals surface area contributed by atoms with Gasteiger partial charge in [0.15, 0.2) is 0 Å². The van der Waals surface area contributed by atoms with Gasteiger partial charge in [0.1, 0.15) is 24.7 Å². The third-order valence-electron chi connectivity index (χ3n) is 7.87. The molecule has 4 aromatic carbocycles. The van der Waals surface area contributed by atoms with E-state index in [0.717, 1.165) is 68.9 Å². The highest BCUT2D eigenvalue weighted by Crippen LogP contribution is 2.48. The number of benzene rings is 4. The fourth-order valence-electron chi connectivity index (χ4n) is 5.53. The second kappa shape index (κ2) is 13.8. The first kappa shape index (κ1) is 30.2. The Morgan fingerprint density at radius 1 is 0.667 bits per heavy atom. The van der Waals surface area contributed by atoms with Crippen LogP contribution in [0.4, 0.5) is 4.79 Å². The van der Waals surface area contributed by atoms with Gasteiger partial charge >= 0.3 is 5.30 Å². The number of hydrogen-bond acceptors (Lipinski definition) is 6. The van der Waals surface area contributed by atoms with Crippen LogP contribution in [0.3, 0.4) is 0 Å². The number of rotatable bonds is 12. The molecule has 0 aliphatic rings. The predicted octanol–water partition coefficient (Wildman–Crippen LogP) is 9.79. The summed E-state index contributed by atoms with van der Waals surface area (Å²) in [7, 11) is 0. The zero-order chi connectivity index (χ0) is 31.1. The normalized spacial score (nSPS) is 11.5. The van der Waals surface area contributed by atoms with Crippen LogP contribution >= 0.6 is 11.8 Å². The molecule has 6 nitrogen and oxygen atoms in total. The molecule has 0 saturated carbocycles. The van der Waals surface area contributed by atoms with E-state index in [9.17, 15) is 9.90 Å². The summed E-state index contributed by atoms with van der Waals surface area (Å²) < 4.78 is 11.4. The summed E-state index contributed by atoms with van der Waals surface area (Å²) in [4.78, 5) is 21.7. The molecule has 0 aliphatic carbocycles. The van der Waals surface area contributed by atoms with E-state index >= 15 is 0 Å². The van der Waals surface area contributed by atoms with Gasteiger partial charge in [-0.3, -0.25) is 0 Å². The summed E-state index contributed by atoms with van der Waals surface area (Å²) in [5, 5.41) is 11.3. The average Bonchev–Trinajstić information content (AvgIpc) is 3.08. The van der Waals surface area contributed by atoms with Gasteiger partial charge in [0.2, 0.25) is 0 Å². The quantitative estimate of drug-likeness (QED) is 0.147. The second-order valence-electron chi connectivity index (χ2n) is 10.9. The van der Waals surface area contributed by atoms with Crippen molar-refractivity contribution in [2.75, 3.05) is 0 Å². The van der Waals surface area contributed by atoms with Crippen molar-refractivity contribution in [3.63, 3.8) is 0 Å². The van der Waals surface area contributed by atoms with E-state index < -0.39 is 10.0 Å². The lowest BCUT2D eigenvalue weighted by Crippen LogP contribution is -2.25. The Morgan fingerprint density at radius 2 is 1.13 bits per heavy atom. The summed E-state index contributed by atoms with van der Waals surface area (Å²) in [5.41, 5.74) is 5.37. The zero-order valence-corrected chi connectivity index (χ0v) is 25.9. The van der Waals surface area contributed by atoms with Crippen molar-refractivity contribution in [2.24, 2.45) is 0 Å². The SMILES string of the molecule is CCCCC(SC(=O)O)(c1ccc(OCc2ccc3ccccc3n2)cc1)c1ccc(OCc2ccc3ccccc3n2)cc1. The summed E-state index contributed by atoms with van der Waals surface area (Å²) in [6.45, 7) is 2.79. The molecule has 0 aliphatic heterocycles. The Labute approximate surface area is 267 Å². The maximum absolute atomic E-state index is 12.3. The molecular formula is C38H34N2O4S. The number of ether oxygens (including phenoxy) is 2. The van der Waals surface area contributed by atoms with Crippen molar-refractivity contribution in [2.45, 2.75) is 44.1 Å². The van der Waals surface area contributed by atoms with Crippen LogP contribution in [-0.2, 0) is 18.0 Å². The van der Waals surface area contributed by atoms with Crippen LogP contribution in [0, 0.1) is 0 Å². The van der Waals surface area contributed by atoms with Crippen LogP contribution in [0.1, 0.15) is 48.7 Å². The molecule has 7 heteroatoms. The van der Waals surface area contributed by atoms with Crippen molar-refractivity contribution < 1.29 is 19.4 Å². The van der Waals surface area contributed by atoms with Crippen LogP contribution < -0.4 is 9.47 Å². The van der Waals surface area contributed by atoms with Crippen molar-refractivity contribution >= 4 is 38.9 Å². The molecule has 1 N–H and O–H groups in total. The lowest BCUT2D eigenvalue weighted by Gasteiger charge is -2.33. The van der Waals surface area contributed by atoms with E-state index in [4.69, 9.17) is 19.4 Å². The van der Waals surface area contributed by atoms with Crippen LogP contribution in [0.5, 0.6) is 11.5 Å². The number of carboxylic acid groups (broad SMARTS) is 1. The molecule has 0 spiro atoms. The minimum Gasteiger partial charge on any atom is -0.487 e. The molecule has 0 amide bonds. The molecular weight excluding hydrogens is 580 g/mol. The number of nitrogens with zero attached hydrogens (tertiary/aromatic N) is 2. The number of fused-ring (bicyclic) bond motifs is 2. The van der Waals surface area contributed by atoms with Crippen LogP contribution in [0.15, 0.2) is 121 Å². The monoisotopic (exact) mass is 614 g/mol. The van der Waals surface area contributed by atoms with Crippen molar-refractivity contribution in [1.29, 1.82) is 0 Å². The summed E-state index contributed by atoms with van der Waals surface area (Å²) in [5.74, 6) is 1.40. The first-order chi connectivity index (χ1) is 22.0. The van der Waals surface area contributed by atoms with E-state index in [-0.39, 0.29) is 0 Å². The van der Waals surface area contributed by atoms with E-state index in [1.807, 2.05) is 121 Å². The fraction of sp³-hybridized carbons (Fsp3) is 0.184. The highest BCUT2D eigenvalue weighted by atomic mass is 32.2. The highest BCUT2D eigenvalue weighted by molar-refractivity contribution is 8.14. The number of carbonyl (C=O) groups is 1. The Balaban J connectivity index is 1.20. The van der Waals surface area contributed by atoms with Gasteiger partial charge in [-0.2, -0.15) is 0 Å². The van der Waals surface area contributed by atoms with E-state index in [1.54, 1.807) is 0 Å². The smallest absolute Gasteiger partial charge is 0.366 e. The van der Waals surface area contributed by atoms with E-state index in [0.29, 0.717) is 31.1 Å². The Hall–Kier alpha value is -4.88. The van der Waals surface area contributed by atoms with Gasteiger partial charge < -0.3 is 14.6 Å². The van der Waals surface area contributed by atoms with Crippen molar-refractivity contribution in [3.8, 4) is 11.5 Å². The van der Waals surface area contributed by atoms with Gasteiger partial charge in [-0.05, 0) is 77.8 Å². The predicted molar refractivity (Wildman–Crippen MR) is 181 cm³/mol. The molecule has 0 saturated heterocycles. The van der Waals surface area contributed by atoms with E-state index in [1.165, 1.54) is 0 Å². The van der Waals surface area contributed by atoms with Gasteiger partial charge in [-0.15, -0.1) is 0 Å². The topological polar surface area (TPSA) is 81.5 Å². The van der Waals surface area contributed by atoms with Gasteiger partial charge in [0, 0.05) is 10.8 Å². The number of thioether (sulfide) groups is 1. The molecule has 226 valence electrons. The zero-order valence-electron chi connectivity index (χ0n) is 25.1. The first-order valence-electron chi connectivity index (χ1n) is 15.1. The molecule has 45 heavy (non-hydrogen) atoms. The first-order valence-corrected chi connectivity index (χ1v) is 15.9. The molecule has 6 aromatic rings. The van der Waals surface area contributed by atoms with Crippen LogP contribution in [0.25, 0.3) is 21.8 Å². The molecule has 2 aromatic heterocycles. The molecule has 0 radical (unpaired) electrons. The largest absolute Gasteiger partial charge is 0.487 e. The minimum absolute atomic E-state index is 0.339. The molecule has 6 rings (SSSR count). The number of unbranched alkanes of at least 4 members (excludes halogenated alkanes) is 1. The molecule has 0 fully saturated rings. The van der Waals surface area contributed by atoms with Crippen LogP contribution in [0.2, 0.25) is 0 Å². The summed E-state index contributed by atoms with van der Waals surface area (Å²) >= 11 is 0.943. The highest BCUT2D eigenvalue weighted by Gasteiger charge is 2.37. The van der Waals surface area contributed by atoms with Crippen molar-refractivity contribution in [1.82, 2.24) is 9.97 Å². The molecule has 2 heterocycles. The second-order valence-corrected chi connectivity index (χ2v) is 12.2.